The maximum atomic E-state index is 11.6. The Labute approximate surface area is 114 Å². The van der Waals surface area contributed by atoms with Gasteiger partial charge in [-0.25, -0.2) is 9.97 Å². The average molecular weight is 265 g/mol. The summed E-state index contributed by atoms with van der Waals surface area (Å²) in [4.78, 5) is 22.0. The molecule has 0 unspecified atom stereocenters. The molecule has 0 aliphatic rings. The van der Waals surface area contributed by atoms with Gasteiger partial charge in [0, 0.05) is 13.1 Å². The summed E-state index contributed by atoms with van der Waals surface area (Å²) in [5.74, 6) is 0.527. The fourth-order valence-corrected chi connectivity index (χ4v) is 1.48. The minimum atomic E-state index is -0.173. The molecule has 1 amide bonds. The second-order valence-electron chi connectivity index (χ2n) is 4.63. The molecule has 1 rings (SSSR count). The van der Waals surface area contributed by atoms with Gasteiger partial charge in [0.2, 0.25) is 0 Å². The van der Waals surface area contributed by atoms with Crippen molar-refractivity contribution in [3.05, 3.63) is 18.1 Å². The van der Waals surface area contributed by atoms with Gasteiger partial charge in [-0.05, 0) is 33.5 Å². The maximum absolute atomic E-state index is 11.6. The number of aromatic nitrogens is 2. The van der Waals surface area contributed by atoms with E-state index in [4.69, 9.17) is 0 Å². The lowest BCUT2D eigenvalue weighted by atomic mass is 10.4. The van der Waals surface area contributed by atoms with Crippen LogP contribution in [0.25, 0.3) is 0 Å². The Morgan fingerprint density at radius 3 is 2.63 bits per heavy atom. The third-order valence-corrected chi connectivity index (χ3v) is 2.51. The van der Waals surface area contributed by atoms with Gasteiger partial charge in [0.25, 0.3) is 5.91 Å². The van der Waals surface area contributed by atoms with Crippen LogP contribution in [0, 0.1) is 0 Å². The Balaban J connectivity index is 2.36. The zero-order chi connectivity index (χ0) is 14.1. The van der Waals surface area contributed by atoms with Crippen LogP contribution in [-0.4, -0.2) is 54.5 Å². The molecule has 1 aromatic heterocycles. The zero-order valence-electron chi connectivity index (χ0n) is 11.9. The summed E-state index contributed by atoms with van der Waals surface area (Å²) in [7, 11) is 4.09. The number of carbonyl (C=O) groups is 1. The van der Waals surface area contributed by atoms with E-state index in [-0.39, 0.29) is 5.91 Å². The van der Waals surface area contributed by atoms with E-state index >= 15 is 0 Å². The molecule has 19 heavy (non-hydrogen) atoms. The van der Waals surface area contributed by atoms with Crippen molar-refractivity contribution in [1.29, 1.82) is 0 Å². The maximum Gasteiger partial charge on any atom is 0.271 e. The van der Waals surface area contributed by atoms with Crippen molar-refractivity contribution < 1.29 is 4.79 Å². The summed E-state index contributed by atoms with van der Waals surface area (Å²) in [6, 6.07) is 0. The van der Waals surface area contributed by atoms with Gasteiger partial charge in [-0.15, -0.1) is 0 Å². The summed E-state index contributed by atoms with van der Waals surface area (Å²) in [6.07, 6.45) is 5.04. The highest BCUT2D eigenvalue weighted by atomic mass is 16.1. The van der Waals surface area contributed by atoms with Crippen molar-refractivity contribution in [2.75, 3.05) is 39.0 Å². The van der Waals surface area contributed by atoms with Crippen molar-refractivity contribution in [2.45, 2.75) is 19.8 Å². The summed E-state index contributed by atoms with van der Waals surface area (Å²) >= 11 is 0. The number of nitrogens with one attached hydrogen (secondary N) is 2. The lowest BCUT2D eigenvalue weighted by Gasteiger charge is -2.10. The number of nitrogens with zero attached hydrogens (tertiary/aromatic N) is 3. The first kappa shape index (κ1) is 15.4. The molecule has 1 heterocycles. The van der Waals surface area contributed by atoms with Crippen LogP contribution in [0.1, 0.15) is 30.3 Å². The molecule has 1 aromatic rings. The minimum Gasteiger partial charge on any atom is -0.369 e. The summed E-state index contributed by atoms with van der Waals surface area (Å²) < 4.78 is 0. The lowest BCUT2D eigenvalue weighted by molar-refractivity contribution is 0.0948. The molecule has 0 spiro atoms. The monoisotopic (exact) mass is 265 g/mol. The Bertz CT molecular complexity index is 377. The van der Waals surface area contributed by atoms with Crippen molar-refractivity contribution in [3.63, 3.8) is 0 Å². The molecular weight excluding hydrogens is 242 g/mol. The van der Waals surface area contributed by atoms with Crippen LogP contribution < -0.4 is 10.6 Å². The topological polar surface area (TPSA) is 70.2 Å². The number of hydrogen-bond acceptors (Lipinski definition) is 5. The SMILES string of the molecule is CCCNC(=O)c1cnc(NCCCN(C)C)cn1. The van der Waals surface area contributed by atoms with Crippen molar-refractivity contribution in [1.82, 2.24) is 20.2 Å². The van der Waals surface area contributed by atoms with E-state index in [0.717, 1.165) is 25.9 Å². The van der Waals surface area contributed by atoms with E-state index < -0.39 is 0 Å². The average Bonchev–Trinajstić information content (AvgIpc) is 2.41. The second kappa shape index (κ2) is 8.42. The fourth-order valence-electron chi connectivity index (χ4n) is 1.48. The standard InChI is InChI=1S/C13H23N5O/c1-4-6-15-13(19)11-9-17-12(10-16-11)14-7-5-8-18(2)3/h9-10H,4-8H2,1-3H3,(H,14,17)(H,15,19). The summed E-state index contributed by atoms with van der Waals surface area (Å²) in [5, 5.41) is 5.94. The number of carbonyl (C=O) groups excluding carboxylic acids is 1. The molecule has 6 heteroatoms. The molecule has 6 nitrogen and oxygen atoms in total. The van der Waals surface area contributed by atoms with Crippen LogP contribution in [0.2, 0.25) is 0 Å². The molecule has 106 valence electrons. The van der Waals surface area contributed by atoms with Crippen LogP contribution in [-0.2, 0) is 0 Å². The van der Waals surface area contributed by atoms with Crippen molar-refractivity contribution >= 4 is 11.7 Å². The van der Waals surface area contributed by atoms with E-state index in [0.29, 0.717) is 18.1 Å². The van der Waals surface area contributed by atoms with Gasteiger partial charge in [0.1, 0.15) is 11.5 Å². The van der Waals surface area contributed by atoms with Gasteiger partial charge in [-0.2, -0.15) is 0 Å². The molecule has 0 radical (unpaired) electrons. The quantitative estimate of drug-likeness (QED) is 0.686. The third kappa shape index (κ3) is 6.15. The van der Waals surface area contributed by atoms with Gasteiger partial charge in [-0.3, -0.25) is 4.79 Å². The van der Waals surface area contributed by atoms with E-state index in [1.807, 2.05) is 21.0 Å². The highest BCUT2D eigenvalue weighted by molar-refractivity contribution is 5.91. The van der Waals surface area contributed by atoms with Gasteiger partial charge in [0.15, 0.2) is 0 Å². The molecule has 2 N–H and O–H groups in total. The van der Waals surface area contributed by atoms with Crippen molar-refractivity contribution in [3.8, 4) is 0 Å². The molecule has 0 aliphatic heterocycles. The van der Waals surface area contributed by atoms with Gasteiger partial charge < -0.3 is 15.5 Å². The van der Waals surface area contributed by atoms with Gasteiger partial charge in [-0.1, -0.05) is 6.92 Å². The predicted octanol–water partition coefficient (Wildman–Crippen LogP) is 0.980. The molecule has 0 bridgehead atoms. The van der Waals surface area contributed by atoms with Crippen LogP contribution in [0.3, 0.4) is 0 Å². The van der Waals surface area contributed by atoms with E-state index in [2.05, 4.69) is 25.5 Å². The minimum absolute atomic E-state index is 0.173. The molecule has 0 fully saturated rings. The molecule has 0 saturated carbocycles. The first-order valence-electron chi connectivity index (χ1n) is 6.62. The number of rotatable bonds is 8. The highest BCUT2D eigenvalue weighted by Crippen LogP contribution is 2.01. The molecule has 0 saturated heterocycles. The fraction of sp³-hybridized carbons (Fsp3) is 0.615. The Morgan fingerprint density at radius 1 is 1.26 bits per heavy atom. The summed E-state index contributed by atoms with van der Waals surface area (Å²) in [6.45, 7) is 4.53. The first-order chi connectivity index (χ1) is 9.13. The lowest BCUT2D eigenvalue weighted by Crippen LogP contribution is -2.25. The molecular formula is C13H23N5O. The third-order valence-electron chi connectivity index (χ3n) is 2.51. The Hall–Kier alpha value is -1.69. The molecule has 0 aliphatic carbocycles. The van der Waals surface area contributed by atoms with E-state index in [9.17, 15) is 4.79 Å². The Morgan fingerprint density at radius 2 is 2.05 bits per heavy atom. The van der Waals surface area contributed by atoms with Gasteiger partial charge >= 0.3 is 0 Å². The number of amides is 1. The number of anilines is 1. The summed E-state index contributed by atoms with van der Waals surface area (Å²) in [5.41, 5.74) is 0.354. The van der Waals surface area contributed by atoms with Gasteiger partial charge in [0.05, 0.1) is 12.4 Å². The van der Waals surface area contributed by atoms with Crippen molar-refractivity contribution in [2.24, 2.45) is 0 Å². The predicted molar refractivity (Wildman–Crippen MR) is 76.3 cm³/mol. The van der Waals surface area contributed by atoms with Crippen LogP contribution in [0.15, 0.2) is 12.4 Å². The molecule has 0 aromatic carbocycles. The van der Waals surface area contributed by atoms with E-state index in [1.165, 1.54) is 6.20 Å². The highest BCUT2D eigenvalue weighted by Gasteiger charge is 2.06. The Kier molecular flexibility index (Phi) is 6.81. The van der Waals surface area contributed by atoms with Crippen LogP contribution >= 0.6 is 0 Å². The normalized spacial score (nSPS) is 10.5. The van der Waals surface area contributed by atoms with Crippen LogP contribution in [0.4, 0.5) is 5.82 Å². The molecule has 0 atom stereocenters. The first-order valence-corrected chi connectivity index (χ1v) is 6.62. The second-order valence-corrected chi connectivity index (χ2v) is 4.63. The largest absolute Gasteiger partial charge is 0.369 e. The smallest absolute Gasteiger partial charge is 0.271 e. The van der Waals surface area contributed by atoms with E-state index in [1.54, 1.807) is 6.20 Å². The number of hydrogen-bond donors (Lipinski definition) is 2. The van der Waals surface area contributed by atoms with Crippen LogP contribution in [0.5, 0.6) is 0 Å². The zero-order valence-corrected chi connectivity index (χ0v) is 11.9.